The van der Waals surface area contributed by atoms with Crippen LogP contribution >= 0.6 is 34.5 Å². The lowest BCUT2D eigenvalue weighted by Gasteiger charge is -2.05. The summed E-state index contributed by atoms with van der Waals surface area (Å²) >= 11 is 13.6. The molecule has 8 heteroatoms. The van der Waals surface area contributed by atoms with E-state index in [1.165, 1.54) is 18.3 Å². The SMILES string of the molecule is CC(=O)Nc1ccc(C(=O)Nc2ncc(Cc3cccc(Cl)c3Cl)s2)cc1. The predicted octanol–water partition coefficient (Wildman–Crippen LogP) is 5.25. The molecule has 3 aromatic rings. The molecule has 2 N–H and O–H groups in total. The lowest BCUT2D eigenvalue weighted by molar-refractivity contribution is -0.114. The smallest absolute Gasteiger partial charge is 0.257 e. The van der Waals surface area contributed by atoms with E-state index in [2.05, 4.69) is 15.6 Å². The van der Waals surface area contributed by atoms with Gasteiger partial charge >= 0.3 is 0 Å². The van der Waals surface area contributed by atoms with Crippen LogP contribution in [0.4, 0.5) is 10.8 Å². The maximum atomic E-state index is 12.3. The fourth-order valence-electron chi connectivity index (χ4n) is 2.40. The normalized spacial score (nSPS) is 10.5. The fourth-order valence-corrected chi connectivity index (χ4v) is 3.61. The summed E-state index contributed by atoms with van der Waals surface area (Å²) in [7, 11) is 0. The second-order valence-corrected chi connectivity index (χ2v) is 7.63. The third-order valence-electron chi connectivity index (χ3n) is 3.64. The number of hydrogen-bond acceptors (Lipinski definition) is 4. The van der Waals surface area contributed by atoms with Gasteiger partial charge in [-0.2, -0.15) is 0 Å². The van der Waals surface area contributed by atoms with E-state index in [0.717, 1.165) is 10.4 Å². The van der Waals surface area contributed by atoms with Crippen molar-refractivity contribution in [1.82, 2.24) is 4.98 Å². The zero-order chi connectivity index (χ0) is 19.4. The van der Waals surface area contributed by atoms with Crippen LogP contribution in [0.1, 0.15) is 27.7 Å². The van der Waals surface area contributed by atoms with Crippen molar-refractivity contribution >= 4 is 57.2 Å². The third-order valence-corrected chi connectivity index (χ3v) is 5.41. The molecule has 138 valence electrons. The molecule has 0 aliphatic carbocycles. The number of thiazole rings is 1. The van der Waals surface area contributed by atoms with E-state index in [1.807, 2.05) is 12.1 Å². The first-order valence-corrected chi connectivity index (χ1v) is 9.56. The van der Waals surface area contributed by atoms with E-state index in [4.69, 9.17) is 23.2 Å². The van der Waals surface area contributed by atoms with Gasteiger partial charge in [-0.05, 0) is 35.9 Å². The topological polar surface area (TPSA) is 71.1 Å². The Kier molecular flexibility index (Phi) is 6.11. The largest absolute Gasteiger partial charge is 0.326 e. The summed E-state index contributed by atoms with van der Waals surface area (Å²) in [6, 6.07) is 12.1. The van der Waals surface area contributed by atoms with Crippen LogP contribution in [0.5, 0.6) is 0 Å². The van der Waals surface area contributed by atoms with Crippen LogP contribution in [-0.2, 0) is 11.2 Å². The van der Waals surface area contributed by atoms with E-state index >= 15 is 0 Å². The highest BCUT2D eigenvalue weighted by Crippen LogP contribution is 2.29. The van der Waals surface area contributed by atoms with Crippen LogP contribution < -0.4 is 10.6 Å². The van der Waals surface area contributed by atoms with E-state index in [-0.39, 0.29) is 11.8 Å². The maximum absolute atomic E-state index is 12.3. The van der Waals surface area contributed by atoms with Gasteiger partial charge in [-0.3, -0.25) is 14.9 Å². The second kappa shape index (κ2) is 8.52. The van der Waals surface area contributed by atoms with Gasteiger partial charge in [-0.25, -0.2) is 4.98 Å². The van der Waals surface area contributed by atoms with E-state index in [9.17, 15) is 9.59 Å². The lowest BCUT2D eigenvalue weighted by atomic mass is 10.1. The first-order valence-electron chi connectivity index (χ1n) is 7.99. The average Bonchev–Trinajstić information content (AvgIpc) is 3.06. The van der Waals surface area contributed by atoms with Gasteiger partial charge in [0.05, 0.1) is 10.0 Å². The van der Waals surface area contributed by atoms with Crippen LogP contribution in [0, 0.1) is 0 Å². The summed E-state index contributed by atoms with van der Waals surface area (Å²) in [6.45, 7) is 1.43. The van der Waals surface area contributed by atoms with Crippen molar-refractivity contribution in [2.75, 3.05) is 10.6 Å². The number of nitrogens with one attached hydrogen (secondary N) is 2. The molecule has 0 radical (unpaired) electrons. The molecule has 2 amide bonds. The molecule has 27 heavy (non-hydrogen) atoms. The van der Waals surface area contributed by atoms with Crippen LogP contribution in [0.2, 0.25) is 10.0 Å². The molecule has 0 atom stereocenters. The maximum Gasteiger partial charge on any atom is 0.257 e. The average molecular weight is 420 g/mol. The molecular formula is C19H15Cl2N3O2S. The Bertz CT molecular complexity index is 987. The Labute approximate surface area is 170 Å². The Morgan fingerprint density at radius 2 is 1.81 bits per heavy atom. The Hall–Kier alpha value is -2.41. The summed E-state index contributed by atoms with van der Waals surface area (Å²) in [6.07, 6.45) is 2.29. The molecular weight excluding hydrogens is 405 g/mol. The standard InChI is InChI=1S/C19H15Cl2N3O2S/c1-11(25)23-14-7-5-12(6-8-14)18(26)24-19-22-10-15(27-19)9-13-3-2-4-16(20)17(13)21/h2-8,10H,9H2,1H3,(H,23,25)(H,22,24,26). The summed E-state index contributed by atoms with van der Waals surface area (Å²) in [5.74, 6) is -0.437. The molecule has 0 saturated carbocycles. The van der Waals surface area contributed by atoms with Crippen LogP contribution in [0.25, 0.3) is 0 Å². The summed E-state index contributed by atoms with van der Waals surface area (Å²) in [4.78, 5) is 28.6. The zero-order valence-electron chi connectivity index (χ0n) is 14.3. The van der Waals surface area contributed by atoms with Crippen molar-refractivity contribution in [3.63, 3.8) is 0 Å². The molecule has 0 aliphatic heterocycles. The highest BCUT2D eigenvalue weighted by molar-refractivity contribution is 7.15. The number of rotatable bonds is 5. The molecule has 0 saturated heterocycles. The first kappa shape index (κ1) is 19.4. The number of carbonyl (C=O) groups is 2. The second-order valence-electron chi connectivity index (χ2n) is 5.73. The third kappa shape index (κ3) is 5.07. The summed E-state index contributed by atoms with van der Waals surface area (Å²) < 4.78 is 0. The molecule has 3 rings (SSSR count). The van der Waals surface area contributed by atoms with E-state index in [0.29, 0.717) is 32.8 Å². The highest BCUT2D eigenvalue weighted by atomic mass is 35.5. The van der Waals surface area contributed by atoms with Crippen molar-refractivity contribution in [3.8, 4) is 0 Å². The number of nitrogens with zero attached hydrogens (tertiary/aromatic N) is 1. The van der Waals surface area contributed by atoms with Gasteiger partial charge in [0.2, 0.25) is 5.91 Å². The number of hydrogen-bond donors (Lipinski definition) is 2. The molecule has 1 aromatic heterocycles. The molecule has 1 heterocycles. The molecule has 2 aromatic carbocycles. The molecule has 5 nitrogen and oxygen atoms in total. The number of halogens is 2. The lowest BCUT2D eigenvalue weighted by Crippen LogP contribution is -2.12. The van der Waals surface area contributed by atoms with Gasteiger partial charge in [-0.1, -0.05) is 35.3 Å². The minimum absolute atomic E-state index is 0.165. The minimum atomic E-state index is -0.272. The Morgan fingerprint density at radius 1 is 1.07 bits per heavy atom. The Morgan fingerprint density at radius 3 is 2.52 bits per heavy atom. The number of benzene rings is 2. The predicted molar refractivity (Wildman–Crippen MR) is 110 cm³/mol. The number of carbonyl (C=O) groups excluding carboxylic acids is 2. The summed E-state index contributed by atoms with van der Waals surface area (Å²) in [5, 5.41) is 6.96. The van der Waals surface area contributed by atoms with Gasteiger partial charge in [0.15, 0.2) is 5.13 Å². The van der Waals surface area contributed by atoms with Crippen LogP contribution in [-0.4, -0.2) is 16.8 Å². The van der Waals surface area contributed by atoms with Gasteiger partial charge in [-0.15, -0.1) is 11.3 Å². The van der Waals surface area contributed by atoms with Crippen molar-refractivity contribution < 1.29 is 9.59 Å². The molecule has 0 spiro atoms. The highest BCUT2D eigenvalue weighted by Gasteiger charge is 2.11. The van der Waals surface area contributed by atoms with Gasteiger partial charge in [0.25, 0.3) is 5.91 Å². The first-order chi connectivity index (χ1) is 12.9. The minimum Gasteiger partial charge on any atom is -0.326 e. The van der Waals surface area contributed by atoms with Gasteiger partial charge in [0.1, 0.15) is 0 Å². The fraction of sp³-hybridized carbons (Fsp3) is 0.105. The molecule has 0 unspecified atom stereocenters. The van der Waals surface area contributed by atoms with E-state index in [1.54, 1.807) is 36.5 Å². The number of anilines is 2. The molecule has 0 fully saturated rings. The summed E-state index contributed by atoms with van der Waals surface area (Å²) in [5.41, 5.74) is 2.01. The molecule has 0 aliphatic rings. The number of amides is 2. The Balaban J connectivity index is 1.65. The van der Waals surface area contributed by atoms with Crippen molar-refractivity contribution in [2.24, 2.45) is 0 Å². The van der Waals surface area contributed by atoms with Crippen LogP contribution in [0.3, 0.4) is 0 Å². The van der Waals surface area contributed by atoms with Crippen molar-refractivity contribution in [3.05, 3.63) is 74.7 Å². The van der Waals surface area contributed by atoms with Crippen molar-refractivity contribution in [2.45, 2.75) is 13.3 Å². The van der Waals surface area contributed by atoms with Gasteiger partial charge < -0.3 is 5.32 Å². The monoisotopic (exact) mass is 419 g/mol. The zero-order valence-corrected chi connectivity index (χ0v) is 16.6. The number of aromatic nitrogens is 1. The van der Waals surface area contributed by atoms with Crippen LogP contribution in [0.15, 0.2) is 48.7 Å². The van der Waals surface area contributed by atoms with Crippen molar-refractivity contribution in [1.29, 1.82) is 0 Å². The molecule has 0 bridgehead atoms. The quantitative estimate of drug-likeness (QED) is 0.592. The van der Waals surface area contributed by atoms with E-state index < -0.39 is 0 Å². The van der Waals surface area contributed by atoms with Gasteiger partial charge in [0, 0.05) is 35.7 Å².